The van der Waals surface area contributed by atoms with Crippen LogP contribution in [0.5, 0.6) is 0 Å². The van der Waals surface area contributed by atoms with Crippen LogP contribution >= 0.6 is 7.52 Å². The second-order valence-electron chi connectivity index (χ2n) is 4.11. The minimum atomic E-state index is -2.69. The van der Waals surface area contributed by atoms with Crippen molar-refractivity contribution in [2.75, 3.05) is 13.2 Å². The zero-order valence-electron chi connectivity index (χ0n) is 8.50. The molecule has 15 heavy (non-hydrogen) atoms. The smallest absolute Gasteiger partial charge is 0.302 e. The molecule has 0 amide bonds. The Labute approximate surface area is 89.6 Å². The van der Waals surface area contributed by atoms with E-state index < -0.39 is 7.52 Å². The topological polar surface area (TPSA) is 29.5 Å². The zero-order chi connectivity index (χ0) is 10.3. The van der Waals surface area contributed by atoms with Gasteiger partial charge in [-0.1, -0.05) is 18.2 Å². The standard InChI is InChI=1S/C11H14NO2P/c13-15(11-6-2-1-3-7-11)12-8-4-5-10(12)9-14-15/h1-3,6-7,10H,4-5,8-9H2. The molecule has 80 valence electrons. The quantitative estimate of drug-likeness (QED) is 0.682. The summed E-state index contributed by atoms with van der Waals surface area (Å²) in [7, 11) is -2.69. The molecule has 2 aliphatic heterocycles. The monoisotopic (exact) mass is 223 g/mol. The van der Waals surface area contributed by atoms with Crippen LogP contribution in [-0.4, -0.2) is 23.9 Å². The first-order chi connectivity index (χ1) is 7.31. The Kier molecular flexibility index (Phi) is 2.20. The Morgan fingerprint density at radius 3 is 2.93 bits per heavy atom. The van der Waals surface area contributed by atoms with Gasteiger partial charge < -0.3 is 4.52 Å². The van der Waals surface area contributed by atoms with Gasteiger partial charge in [0, 0.05) is 12.6 Å². The highest BCUT2D eigenvalue weighted by atomic mass is 31.2. The van der Waals surface area contributed by atoms with Crippen molar-refractivity contribution in [3.63, 3.8) is 0 Å². The van der Waals surface area contributed by atoms with Gasteiger partial charge in [0.2, 0.25) is 0 Å². The Balaban J connectivity index is 2.01. The minimum absolute atomic E-state index is 0.385. The molecule has 3 rings (SSSR count). The SMILES string of the molecule is O=P1(c2ccccc2)OCC2CCCN21. The highest BCUT2D eigenvalue weighted by molar-refractivity contribution is 7.64. The Hall–Kier alpha value is -0.630. The molecule has 1 aromatic carbocycles. The van der Waals surface area contributed by atoms with Crippen LogP contribution in [0.2, 0.25) is 0 Å². The maximum absolute atomic E-state index is 12.7. The van der Waals surface area contributed by atoms with E-state index in [9.17, 15) is 4.57 Å². The van der Waals surface area contributed by atoms with Crippen LogP contribution in [0.4, 0.5) is 0 Å². The normalized spacial score (nSPS) is 35.6. The molecule has 0 aromatic heterocycles. The number of benzene rings is 1. The minimum Gasteiger partial charge on any atom is -0.312 e. The van der Waals surface area contributed by atoms with Crippen LogP contribution in [0.25, 0.3) is 0 Å². The third kappa shape index (κ3) is 1.38. The summed E-state index contributed by atoms with van der Waals surface area (Å²) in [5, 5.41) is 0.842. The van der Waals surface area contributed by atoms with Crippen molar-refractivity contribution in [1.82, 2.24) is 4.67 Å². The lowest BCUT2D eigenvalue weighted by molar-refractivity contribution is 0.331. The van der Waals surface area contributed by atoms with Crippen molar-refractivity contribution in [2.24, 2.45) is 0 Å². The summed E-state index contributed by atoms with van der Waals surface area (Å²) in [4.78, 5) is 0. The molecule has 2 saturated heterocycles. The molecule has 2 unspecified atom stereocenters. The summed E-state index contributed by atoms with van der Waals surface area (Å²) in [5.74, 6) is 0. The summed E-state index contributed by atoms with van der Waals surface area (Å²) in [6.45, 7) is 1.54. The molecule has 0 saturated carbocycles. The fraction of sp³-hybridized carbons (Fsp3) is 0.455. The van der Waals surface area contributed by atoms with Gasteiger partial charge in [0.25, 0.3) is 0 Å². The summed E-state index contributed by atoms with van der Waals surface area (Å²) < 4.78 is 20.4. The Morgan fingerprint density at radius 2 is 2.13 bits per heavy atom. The van der Waals surface area contributed by atoms with E-state index in [1.807, 2.05) is 30.3 Å². The predicted molar refractivity (Wildman–Crippen MR) is 59.4 cm³/mol. The third-order valence-electron chi connectivity index (χ3n) is 3.21. The van der Waals surface area contributed by atoms with Crippen molar-refractivity contribution in [1.29, 1.82) is 0 Å². The lowest BCUT2D eigenvalue weighted by Gasteiger charge is -2.21. The lowest BCUT2D eigenvalue weighted by Crippen LogP contribution is -2.24. The van der Waals surface area contributed by atoms with Crippen molar-refractivity contribution >= 4 is 12.8 Å². The van der Waals surface area contributed by atoms with E-state index in [4.69, 9.17) is 4.52 Å². The van der Waals surface area contributed by atoms with Crippen molar-refractivity contribution in [3.8, 4) is 0 Å². The Morgan fingerprint density at radius 1 is 1.33 bits per heavy atom. The fourth-order valence-electron chi connectivity index (χ4n) is 2.44. The number of nitrogens with zero attached hydrogens (tertiary/aromatic N) is 1. The number of fused-ring (bicyclic) bond motifs is 1. The average Bonchev–Trinajstić information content (AvgIpc) is 2.85. The molecular weight excluding hydrogens is 209 g/mol. The summed E-state index contributed by atoms with van der Waals surface area (Å²) in [6.07, 6.45) is 2.27. The first kappa shape index (κ1) is 9.59. The van der Waals surface area contributed by atoms with Gasteiger partial charge in [-0.15, -0.1) is 0 Å². The lowest BCUT2D eigenvalue weighted by atomic mass is 10.2. The fourth-order valence-corrected chi connectivity index (χ4v) is 4.97. The molecule has 2 fully saturated rings. The average molecular weight is 223 g/mol. The Bertz CT molecular complexity index is 406. The third-order valence-corrected chi connectivity index (χ3v) is 5.86. The first-order valence-electron chi connectivity index (χ1n) is 5.38. The maximum atomic E-state index is 12.7. The highest BCUT2D eigenvalue weighted by Crippen LogP contribution is 2.58. The van der Waals surface area contributed by atoms with Crippen molar-refractivity contribution < 1.29 is 9.09 Å². The van der Waals surface area contributed by atoms with Crippen molar-refractivity contribution in [2.45, 2.75) is 18.9 Å². The molecule has 0 aliphatic carbocycles. The molecule has 0 radical (unpaired) electrons. The molecule has 2 heterocycles. The molecule has 0 spiro atoms. The highest BCUT2D eigenvalue weighted by Gasteiger charge is 2.47. The number of rotatable bonds is 1. The number of hydrogen-bond acceptors (Lipinski definition) is 2. The molecule has 1 aromatic rings. The van der Waals surface area contributed by atoms with Gasteiger partial charge in [-0.25, -0.2) is 4.67 Å². The van der Waals surface area contributed by atoms with E-state index in [1.165, 1.54) is 0 Å². The summed E-state index contributed by atoms with van der Waals surface area (Å²) in [5.41, 5.74) is 0. The largest absolute Gasteiger partial charge is 0.312 e. The molecule has 0 bridgehead atoms. The van der Waals surface area contributed by atoms with Crippen LogP contribution in [0.1, 0.15) is 12.8 Å². The van der Waals surface area contributed by atoms with E-state index in [0.29, 0.717) is 12.6 Å². The summed E-state index contributed by atoms with van der Waals surface area (Å²) in [6, 6.07) is 9.97. The van der Waals surface area contributed by atoms with Gasteiger partial charge in [0.05, 0.1) is 11.9 Å². The second-order valence-corrected chi connectivity index (χ2v) is 6.44. The van der Waals surface area contributed by atoms with Gasteiger partial charge >= 0.3 is 7.52 Å². The van der Waals surface area contributed by atoms with Crippen LogP contribution in [-0.2, 0) is 9.09 Å². The number of hydrogen-bond donors (Lipinski definition) is 0. The van der Waals surface area contributed by atoms with E-state index in [2.05, 4.69) is 4.67 Å². The molecule has 2 aliphatic rings. The molecular formula is C11H14NO2P. The van der Waals surface area contributed by atoms with E-state index in [-0.39, 0.29) is 0 Å². The molecule has 4 heteroatoms. The molecule has 2 atom stereocenters. The van der Waals surface area contributed by atoms with Gasteiger partial charge in [0.1, 0.15) is 0 Å². The van der Waals surface area contributed by atoms with Crippen LogP contribution < -0.4 is 5.30 Å². The maximum Gasteiger partial charge on any atom is 0.302 e. The van der Waals surface area contributed by atoms with E-state index in [0.717, 1.165) is 24.7 Å². The van der Waals surface area contributed by atoms with Crippen molar-refractivity contribution in [3.05, 3.63) is 30.3 Å². The summed E-state index contributed by atoms with van der Waals surface area (Å²) >= 11 is 0. The zero-order valence-corrected chi connectivity index (χ0v) is 9.40. The molecule has 3 nitrogen and oxygen atoms in total. The van der Waals surface area contributed by atoms with E-state index in [1.54, 1.807) is 0 Å². The van der Waals surface area contributed by atoms with Gasteiger partial charge in [0.15, 0.2) is 0 Å². The van der Waals surface area contributed by atoms with Gasteiger partial charge in [-0.05, 0) is 25.0 Å². The first-order valence-corrected chi connectivity index (χ1v) is 6.96. The second kappa shape index (κ2) is 3.44. The van der Waals surface area contributed by atoms with Gasteiger partial charge in [-0.3, -0.25) is 4.57 Å². The van der Waals surface area contributed by atoms with Crippen LogP contribution in [0, 0.1) is 0 Å². The van der Waals surface area contributed by atoms with Crippen LogP contribution in [0.15, 0.2) is 30.3 Å². The van der Waals surface area contributed by atoms with Gasteiger partial charge in [-0.2, -0.15) is 0 Å². The van der Waals surface area contributed by atoms with Crippen LogP contribution in [0.3, 0.4) is 0 Å². The molecule has 0 N–H and O–H groups in total. The predicted octanol–water partition coefficient (Wildman–Crippen LogP) is 2.00. The van der Waals surface area contributed by atoms with E-state index >= 15 is 0 Å².